The lowest BCUT2D eigenvalue weighted by atomic mass is 10.0. The number of halogens is 2. The molecular weight excluding hydrogens is 413 g/mol. The van der Waals surface area contributed by atoms with Gasteiger partial charge < -0.3 is 14.8 Å². The second kappa shape index (κ2) is 9.84. The molecule has 4 rings (SSSR count). The second-order valence-corrected chi connectivity index (χ2v) is 8.77. The molecule has 0 unspecified atom stereocenters. The number of aromatic nitrogens is 1. The molecule has 3 aromatic rings. The minimum absolute atomic E-state index is 0.0568. The predicted octanol–water partition coefficient (Wildman–Crippen LogP) is 5.54. The van der Waals surface area contributed by atoms with Crippen molar-refractivity contribution >= 4 is 34.1 Å². The molecule has 1 saturated heterocycles. The van der Waals surface area contributed by atoms with Gasteiger partial charge in [-0.05, 0) is 61.6 Å². The molecular formula is C25H29ClFN3O. The van der Waals surface area contributed by atoms with Gasteiger partial charge in [0, 0.05) is 55.2 Å². The van der Waals surface area contributed by atoms with Crippen LogP contribution in [0.4, 0.5) is 10.1 Å². The van der Waals surface area contributed by atoms with Crippen LogP contribution >= 0.6 is 11.6 Å². The number of likely N-dealkylation sites (tertiary alicyclic amines) is 1. The Morgan fingerprint density at radius 1 is 1.16 bits per heavy atom. The summed E-state index contributed by atoms with van der Waals surface area (Å²) in [6, 6.07) is 13.4. The van der Waals surface area contributed by atoms with E-state index in [4.69, 9.17) is 11.6 Å². The van der Waals surface area contributed by atoms with Crippen molar-refractivity contribution in [3.05, 3.63) is 65.6 Å². The van der Waals surface area contributed by atoms with Gasteiger partial charge in [-0.2, -0.15) is 0 Å². The monoisotopic (exact) mass is 441 g/mol. The third kappa shape index (κ3) is 5.28. The molecule has 0 saturated carbocycles. The van der Waals surface area contributed by atoms with Crippen LogP contribution in [0.3, 0.4) is 0 Å². The van der Waals surface area contributed by atoms with Crippen molar-refractivity contribution in [2.75, 3.05) is 30.8 Å². The van der Waals surface area contributed by atoms with Crippen LogP contribution in [0.5, 0.6) is 0 Å². The zero-order chi connectivity index (χ0) is 21.8. The summed E-state index contributed by atoms with van der Waals surface area (Å²) in [6.45, 7) is 5.25. The number of hydrogen-bond acceptors (Lipinski definition) is 2. The molecule has 0 spiro atoms. The fourth-order valence-corrected chi connectivity index (χ4v) is 4.65. The molecule has 1 fully saturated rings. The number of alkyl halides is 1. The van der Waals surface area contributed by atoms with Crippen LogP contribution in [0.15, 0.2) is 48.7 Å². The SMILES string of the molecule is Cc1cn(C2CCN(CCc3ccc(F)cc3)CC2)c2cc(NC(=O)CCCl)ccc12. The van der Waals surface area contributed by atoms with Crippen molar-refractivity contribution in [3.8, 4) is 0 Å². The van der Waals surface area contributed by atoms with Gasteiger partial charge in [-0.15, -0.1) is 11.6 Å². The van der Waals surface area contributed by atoms with E-state index in [0.717, 1.165) is 44.6 Å². The number of piperidine rings is 1. The zero-order valence-electron chi connectivity index (χ0n) is 17.9. The molecule has 2 aromatic carbocycles. The number of fused-ring (bicyclic) bond motifs is 1. The van der Waals surface area contributed by atoms with E-state index < -0.39 is 0 Å². The van der Waals surface area contributed by atoms with E-state index in [2.05, 4.69) is 40.0 Å². The van der Waals surface area contributed by atoms with Crippen molar-refractivity contribution in [2.45, 2.75) is 38.6 Å². The Labute approximate surface area is 188 Å². The number of carbonyl (C=O) groups is 1. The predicted molar refractivity (Wildman–Crippen MR) is 125 cm³/mol. The van der Waals surface area contributed by atoms with Gasteiger partial charge in [-0.1, -0.05) is 18.2 Å². The number of amides is 1. The van der Waals surface area contributed by atoms with Crippen LogP contribution in [0, 0.1) is 12.7 Å². The number of nitrogens with zero attached hydrogens (tertiary/aromatic N) is 2. The standard InChI is InChI=1S/C25H29ClFN3O/c1-18-17-30(24-16-21(6-7-23(18)24)28-25(31)8-12-26)22-10-14-29(15-11-22)13-9-19-2-4-20(27)5-3-19/h2-7,16-17,22H,8-15H2,1H3,(H,28,31). The fourth-order valence-electron chi connectivity index (χ4n) is 4.48. The Hall–Kier alpha value is -2.37. The van der Waals surface area contributed by atoms with Crippen LogP contribution in [0.25, 0.3) is 10.9 Å². The van der Waals surface area contributed by atoms with Crippen LogP contribution in [-0.4, -0.2) is 40.9 Å². The maximum atomic E-state index is 13.1. The van der Waals surface area contributed by atoms with E-state index in [1.54, 1.807) is 0 Å². The normalized spacial score (nSPS) is 15.5. The Morgan fingerprint density at radius 2 is 1.90 bits per heavy atom. The summed E-state index contributed by atoms with van der Waals surface area (Å²) in [4.78, 5) is 14.4. The lowest BCUT2D eigenvalue weighted by Gasteiger charge is -2.33. The number of benzene rings is 2. The average molecular weight is 442 g/mol. The molecule has 0 bridgehead atoms. The quantitative estimate of drug-likeness (QED) is 0.489. The smallest absolute Gasteiger partial charge is 0.225 e. The molecule has 0 aliphatic carbocycles. The van der Waals surface area contributed by atoms with Crippen LogP contribution in [0.1, 0.15) is 36.4 Å². The topological polar surface area (TPSA) is 37.3 Å². The Balaban J connectivity index is 1.40. The van der Waals surface area contributed by atoms with Crippen molar-refractivity contribution in [1.82, 2.24) is 9.47 Å². The van der Waals surface area contributed by atoms with Crippen molar-refractivity contribution in [1.29, 1.82) is 0 Å². The third-order valence-corrected chi connectivity index (χ3v) is 6.41. The van der Waals surface area contributed by atoms with E-state index in [9.17, 15) is 9.18 Å². The first-order chi connectivity index (χ1) is 15.0. The molecule has 1 aliphatic rings. The summed E-state index contributed by atoms with van der Waals surface area (Å²) in [5, 5.41) is 4.18. The number of hydrogen-bond donors (Lipinski definition) is 1. The molecule has 31 heavy (non-hydrogen) atoms. The van der Waals surface area contributed by atoms with E-state index in [-0.39, 0.29) is 11.7 Å². The number of aryl methyl sites for hydroxylation is 1. The largest absolute Gasteiger partial charge is 0.344 e. The van der Waals surface area contributed by atoms with E-state index in [1.165, 1.54) is 34.2 Å². The highest BCUT2D eigenvalue weighted by molar-refractivity contribution is 6.19. The number of rotatable bonds is 7. The molecule has 1 N–H and O–H groups in total. The third-order valence-electron chi connectivity index (χ3n) is 6.22. The van der Waals surface area contributed by atoms with Gasteiger partial charge in [0.1, 0.15) is 5.82 Å². The second-order valence-electron chi connectivity index (χ2n) is 8.39. The van der Waals surface area contributed by atoms with Crippen LogP contribution in [0.2, 0.25) is 0 Å². The molecule has 4 nitrogen and oxygen atoms in total. The minimum Gasteiger partial charge on any atom is -0.344 e. The first-order valence-electron chi connectivity index (χ1n) is 11.0. The molecule has 0 atom stereocenters. The van der Waals surface area contributed by atoms with E-state index >= 15 is 0 Å². The summed E-state index contributed by atoms with van der Waals surface area (Å²) >= 11 is 5.68. The van der Waals surface area contributed by atoms with Gasteiger partial charge in [0.25, 0.3) is 0 Å². The summed E-state index contributed by atoms with van der Waals surface area (Å²) in [5.41, 5.74) is 4.43. The van der Waals surface area contributed by atoms with Crippen LogP contribution in [-0.2, 0) is 11.2 Å². The summed E-state index contributed by atoms with van der Waals surface area (Å²) < 4.78 is 15.5. The fraction of sp³-hybridized carbons (Fsp3) is 0.400. The highest BCUT2D eigenvalue weighted by atomic mass is 35.5. The maximum absolute atomic E-state index is 13.1. The number of nitrogens with one attached hydrogen (secondary N) is 1. The van der Waals surface area contributed by atoms with Gasteiger partial charge in [0.15, 0.2) is 0 Å². The molecule has 6 heteroatoms. The number of carbonyl (C=O) groups excluding carboxylic acids is 1. The highest BCUT2D eigenvalue weighted by Gasteiger charge is 2.22. The Morgan fingerprint density at radius 3 is 2.61 bits per heavy atom. The van der Waals surface area contributed by atoms with Gasteiger partial charge in [-0.3, -0.25) is 4.79 Å². The lowest BCUT2D eigenvalue weighted by Crippen LogP contribution is -2.35. The molecule has 2 heterocycles. The summed E-state index contributed by atoms with van der Waals surface area (Å²) in [6.07, 6.45) is 5.69. The van der Waals surface area contributed by atoms with Gasteiger partial charge in [-0.25, -0.2) is 4.39 Å². The maximum Gasteiger partial charge on any atom is 0.225 e. The first kappa shape index (κ1) is 21.8. The van der Waals surface area contributed by atoms with Gasteiger partial charge in [0.05, 0.1) is 5.52 Å². The average Bonchev–Trinajstić information content (AvgIpc) is 3.10. The first-order valence-corrected chi connectivity index (χ1v) is 11.5. The molecule has 1 amide bonds. The number of anilines is 1. The zero-order valence-corrected chi connectivity index (χ0v) is 18.7. The van der Waals surface area contributed by atoms with Gasteiger partial charge >= 0.3 is 0 Å². The molecule has 164 valence electrons. The minimum atomic E-state index is -0.180. The Bertz CT molecular complexity index is 1040. The van der Waals surface area contributed by atoms with Crippen LogP contribution < -0.4 is 5.32 Å². The molecule has 1 aromatic heterocycles. The van der Waals surface area contributed by atoms with Crippen molar-refractivity contribution < 1.29 is 9.18 Å². The summed E-state index contributed by atoms with van der Waals surface area (Å²) in [5.74, 6) is 0.0859. The van der Waals surface area contributed by atoms with Gasteiger partial charge in [0.2, 0.25) is 5.91 Å². The van der Waals surface area contributed by atoms with Crippen molar-refractivity contribution in [2.24, 2.45) is 0 Å². The highest BCUT2D eigenvalue weighted by Crippen LogP contribution is 2.31. The Kier molecular flexibility index (Phi) is 6.93. The van der Waals surface area contributed by atoms with E-state index in [1.807, 2.05) is 18.2 Å². The lowest BCUT2D eigenvalue weighted by molar-refractivity contribution is -0.115. The molecule has 1 aliphatic heterocycles. The van der Waals surface area contributed by atoms with Crippen molar-refractivity contribution in [3.63, 3.8) is 0 Å². The van der Waals surface area contributed by atoms with E-state index in [0.29, 0.717) is 18.3 Å². The summed E-state index contributed by atoms with van der Waals surface area (Å²) in [7, 11) is 0. The molecule has 0 radical (unpaired) electrons.